The van der Waals surface area contributed by atoms with Gasteiger partial charge in [0.15, 0.2) is 4.21 Å². The van der Waals surface area contributed by atoms with Gasteiger partial charge in [0.2, 0.25) is 9.84 Å². The molecule has 0 fully saturated rings. The number of thiazole rings is 1. The number of carboxylic acid groups (broad SMARTS) is 2. The minimum Gasteiger partial charge on any atom is -0.478 e. The SMILES string of the molecule is CNCc1nc(-c2ccccc2F)c(S(=O)(=O)c2cccnc2)s1.O=C(O)C=CC(=O)O. The van der Waals surface area contributed by atoms with Crippen molar-refractivity contribution in [1.82, 2.24) is 15.3 Å². The van der Waals surface area contributed by atoms with Gasteiger partial charge in [0.1, 0.15) is 16.5 Å². The number of sulfone groups is 1. The molecule has 0 atom stereocenters. The van der Waals surface area contributed by atoms with E-state index in [2.05, 4.69) is 15.3 Å². The van der Waals surface area contributed by atoms with Gasteiger partial charge in [-0.05, 0) is 31.3 Å². The smallest absolute Gasteiger partial charge is 0.328 e. The molecule has 0 saturated heterocycles. The molecule has 2 aromatic heterocycles. The highest BCUT2D eigenvalue weighted by molar-refractivity contribution is 7.93. The third-order valence-corrected chi connectivity index (χ3v) is 6.96. The van der Waals surface area contributed by atoms with E-state index in [4.69, 9.17) is 10.2 Å². The second-order valence-corrected chi connectivity index (χ2v) is 9.18. The Hall–Kier alpha value is -3.48. The molecular formula is C20H18FN3O6S2. The summed E-state index contributed by atoms with van der Waals surface area (Å²) in [5, 5.41) is 19.1. The number of hydrogen-bond acceptors (Lipinski definition) is 8. The molecule has 0 saturated carbocycles. The predicted octanol–water partition coefficient (Wildman–Crippen LogP) is 2.61. The van der Waals surface area contributed by atoms with E-state index >= 15 is 0 Å². The Balaban J connectivity index is 0.000000390. The van der Waals surface area contributed by atoms with E-state index in [0.717, 1.165) is 11.3 Å². The molecule has 1 aromatic carbocycles. The maximum absolute atomic E-state index is 14.2. The van der Waals surface area contributed by atoms with E-state index in [1.54, 1.807) is 25.2 Å². The van der Waals surface area contributed by atoms with E-state index in [0.29, 0.717) is 23.7 Å². The van der Waals surface area contributed by atoms with Crippen LogP contribution in [0.4, 0.5) is 4.39 Å². The van der Waals surface area contributed by atoms with Crippen LogP contribution in [-0.2, 0) is 26.0 Å². The van der Waals surface area contributed by atoms with E-state index in [1.807, 2.05) is 0 Å². The van der Waals surface area contributed by atoms with Crippen LogP contribution in [0, 0.1) is 5.82 Å². The number of nitrogens with one attached hydrogen (secondary N) is 1. The van der Waals surface area contributed by atoms with Crippen LogP contribution < -0.4 is 5.32 Å². The van der Waals surface area contributed by atoms with Crippen molar-refractivity contribution in [3.63, 3.8) is 0 Å². The highest BCUT2D eigenvalue weighted by atomic mass is 32.2. The van der Waals surface area contributed by atoms with Gasteiger partial charge in [0.25, 0.3) is 0 Å². The number of aliphatic carboxylic acids is 2. The molecule has 9 nitrogen and oxygen atoms in total. The van der Waals surface area contributed by atoms with Crippen LogP contribution in [0.5, 0.6) is 0 Å². The lowest BCUT2D eigenvalue weighted by Gasteiger charge is -2.05. The van der Waals surface area contributed by atoms with E-state index in [1.165, 1.54) is 30.6 Å². The van der Waals surface area contributed by atoms with Gasteiger partial charge in [-0.3, -0.25) is 4.98 Å². The third kappa shape index (κ3) is 6.51. The first-order chi connectivity index (χ1) is 15.2. The fourth-order valence-electron chi connectivity index (χ4n) is 2.34. The van der Waals surface area contributed by atoms with Crippen LogP contribution in [0.2, 0.25) is 0 Å². The number of carboxylic acids is 2. The van der Waals surface area contributed by atoms with Crippen molar-refractivity contribution in [2.24, 2.45) is 0 Å². The lowest BCUT2D eigenvalue weighted by atomic mass is 10.1. The summed E-state index contributed by atoms with van der Waals surface area (Å²) in [5.41, 5.74) is 0.297. The van der Waals surface area contributed by atoms with Crippen molar-refractivity contribution in [3.05, 3.63) is 71.8 Å². The average Bonchev–Trinajstić information content (AvgIpc) is 3.18. The Kier molecular flexibility index (Phi) is 8.70. The summed E-state index contributed by atoms with van der Waals surface area (Å²) >= 11 is 1.03. The molecule has 3 rings (SSSR count). The number of benzene rings is 1. The van der Waals surface area contributed by atoms with Crippen LogP contribution >= 0.6 is 11.3 Å². The molecule has 0 unspecified atom stereocenters. The van der Waals surface area contributed by atoms with Crippen molar-refractivity contribution in [2.45, 2.75) is 15.6 Å². The maximum atomic E-state index is 14.2. The minimum atomic E-state index is -3.83. The van der Waals surface area contributed by atoms with Crippen LogP contribution in [0.3, 0.4) is 0 Å². The molecule has 0 spiro atoms. The van der Waals surface area contributed by atoms with E-state index < -0.39 is 27.6 Å². The Morgan fingerprint density at radius 3 is 2.31 bits per heavy atom. The summed E-state index contributed by atoms with van der Waals surface area (Å²) in [6, 6.07) is 9.02. The molecular weight excluding hydrogens is 461 g/mol. The first-order valence-corrected chi connectivity index (χ1v) is 11.1. The summed E-state index contributed by atoms with van der Waals surface area (Å²) in [4.78, 5) is 27.4. The summed E-state index contributed by atoms with van der Waals surface area (Å²) in [6.45, 7) is 0.397. The van der Waals surface area contributed by atoms with Gasteiger partial charge in [-0.25, -0.2) is 27.4 Å². The molecule has 0 bridgehead atoms. The van der Waals surface area contributed by atoms with Gasteiger partial charge in [-0.1, -0.05) is 12.1 Å². The molecule has 0 radical (unpaired) electrons. The largest absolute Gasteiger partial charge is 0.478 e. The normalized spacial score (nSPS) is 11.1. The lowest BCUT2D eigenvalue weighted by Crippen LogP contribution is -2.04. The highest BCUT2D eigenvalue weighted by Gasteiger charge is 2.28. The topological polar surface area (TPSA) is 147 Å². The second-order valence-electron chi connectivity index (χ2n) is 5.96. The standard InChI is InChI=1S/C16H14FN3O2S2.C4H4O4/c1-18-10-14-20-15(12-6-2-3-7-13(12)17)16(23-14)24(21,22)11-5-4-8-19-9-11;5-3(6)1-2-4(7)8/h2-9,18H,10H2,1H3;1-2H,(H,5,6)(H,7,8). The van der Waals surface area contributed by atoms with E-state index in [9.17, 15) is 22.4 Å². The van der Waals surface area contributed by atoms with Gasteiger partial charge in [-0.15, -0.1) is 11.3 Å². The van der Waals surface area contributed by atoms with Crippen molar-refractivity contribution in [1.29, 1.82) is 0 Å². The molecule has 0 amide bonds. The van der Waals surface area contributed by atoms with Crippen molar-refractivity contribution in [2.75, 3.05) is 7.05 Å². The van der Waals surface area contributed by atoms with Gasteiger partial charge < -0.3 is 15.5 Å². The van der Waals surface area contributed by atoms with Crippen molar-refractivity contribution < 1.29 is 32.6 Å². The highest BCUT2D eigenvalue weighted by Crippen LogP contribution is 2.36. The maximum Gasteiger partial charge on any atom is 0.328 e. The molecule has 168 valence electrons. The number of halogens is 1. The minimum absolute atomic E-state index is 0.0193. The van der Waals surface area contributed by atoms with Gasteiger partial charge >= 0.3 is 11.9 Å². The summed E-state index contributed by atoms with van der Waals surface area (Å²) in [7, 11) is -2.10. The second kappa shape index (κ2) is 11.2. The number of pyridine rings is 1. The number of carbonyl (C=O) groups is 2. The fraction of sp³-hybridized carbons (Fsp3) is 0.100. The third-order valence-electron chi connectivity index (χ3n) is 3.65. The zero-order valence-corrected chi connectivity index (χ0v) is 18.2. The monoisotopic (exact) mass is 479 g/mol. The van der Waals surface area contributed by atoms with Gasteiger partial charge in [0, 0.05) is 36.7 Å². The summed E-state index contributed by atoms with van der Waals surface area (Å²) < 4.78 is 40.1. The van der Waals surface area contributed by atoms with Gasteiger partial charge in [0.05, 0.1) is 4.90 Å². The molecule has 3 N–H and O–H groups in total. The first kappa shape index (κ1) is 24.8. The molecule has 0 aliphatic rings. The number of hydrogen-bond donors (Lipinski definition) is 3. The van der Waals surface area contributed by atoms with Crippen LogP contribution in [0.1, 0.15) is 5.01 Å². The Morgan fingerprint density at radius 1 is 1.12 bits per heavy atom. The van der Waals surface area contributed by atoms with E-state index in [-0.39, 0.29) is 20.4 Å². The van der Waals surface area contributed by atoms with Crippen molar-refractivity contribution >= 4 is 33.1 Å². The number of aromatic nitrogens is 2. The first-order valence-electron chi connectivity index (χ1n) is 8.85. The van der Waals surface area contributed by atoms with Crippen molar-refractivity contribution in [3.8, 4) is 11.3 Å². The fourth-order valence-corrected chi connectivity index (χ4v) is 5.25. The molecule has 2 heterocycles. The Morgan fingerprint density at radius 2 is 1.78 bits per heavy atom. The lowest BCUT2D eigenvalue weighted by molar-refractivity contribution is -0.134. The Labute approximate surface area is 186 Å². The number of nitrogens with zero attached hydrogens (tertiary/aromatic N) is 2. The Bertz CT molecular complexity index is 1210. The molecule has 32 heavy (non-hydrogen) atoms. The number of rotatable bonds is 7. The quantitative estimate of drug-likeness (QED) is 0.435. The molecule has 0 aliphatic carbocycles. The molecule has 0 aliphatic heterocycles. The molecule has 12 heteroatoms. The van der Waals surface area contributed by atoms with Crippen LogP contribution in [0.25, 0.3) is 11.3 Å². The molecule has 3 aromatic rings. The zero-order chi connectivity index (χ0) is 23.7. The van der Waals surface area contributed by atoms with Gasteiger partial charge in [-0.2, -0.15) is 0 Å². The zero-order valence-electron chi connectivity index (χ0n) is 16.6. The summed E-state index contributed by atoms with van der Waals surface area (Å²) in [5.74, 6) is -3.03. The van der Waals surface area contributed by atoms with Crippen LogP contribution in [0.15, 0.2) is 70.0 Å². The van der Waals surface area contributed by atoms with Crippen LogP contribution in [-0.4, -0.2) is 47.6 Å². The summed E-state index contributed by atoms with van der Waals surface area (Å²) in [6.07, 6.45) is 3.89. The predicted molar refractivity (Wildman–Crippen MR) is 114 cm³/mol. The average molecular weight is 480 g/mol.